The van der Waals surface area contributed by atoms with E-state index in [-0.39, 0.29) is 33.9 Å². The Labute approximate surface area is 140 Å². The molecule has 0 atom stereocenters. The average molecular weight is 345 g/mol. The Bertz CT molecular complexity index is 1030. The molecule has 2 aromatic rings. The van der Waals surface area contributed by atoms with E-state index in [1.165, 1.54) is 14.0 Å². The van der Waals surface area contributed by atoms with Gasteiger partial charge in [-0.1, -0.05) is 0 Å². The molecule has 2 amide bonds. The largest absolute Gasteiger partial charge is 0.494 e. The van der Waals surface area contributed by atoms with Crippen molar-refractivity contribution in [3.63, 3.8) is 0 Å². The van der Waals surface area contributed by atoms with E-state index in [0.717, 1.165) is 22.8 Å². The van der Waals surface area contributed by atoms with E-state index >= 15 is 0 Å². The lowest BCUT2D eigenvalue weighted by Crippen LogP contribution is -2.25. The molecule has 1 aromatic carbocycles. The summed E-state index contributed by atoms with van der Waals surface area (Å²) in [5.74, 6) is -3.36. The summed E-state index contributed by atoms with van der Waals surface area (Å²) in [7, 11) is 1.23. The molecule has 25 heavy (non-hydrogen) atoms. The number of imide groups is 1. The number of aromatic nitrogens is 1. The number of nitrogens with two attached hydrogens (primary N) is 1. The van der Waals surface area contributed by atoms with Gasteiger partial charge in [-0.05, 0) is 13.0 Å². The van der Waals surface area contributed by atoms with Crippen molar-refractivity contribution in [2.45, 2.75) is 6.92 Å². The normalized spacial score (nSPS) is 12.8. The van der Waals surface area contributed by atoms with Crippen LogP contribution in [-0.2, 0) is 0 Å². The highest BCUT2D eigenvalue weighted by molar-refractivity contribution is 6.23. The molecule has 1 aromatic heterocycles. The molecule has 9 heteroatoms. The third kappa shape index (κ3) is 2.36. The van der Waals surface area contributed by atoms with Gasteiger partial charge in [-0.25, -0.2) is 4.39 Å². The quantitative estimate of drug-likeness (QED) is 0.622. The molecule has 0 bridgehead atoms. The molecule has 0 saturated heterocycles. The molecule has 8 nitrogen and oxygen atoms in total. The Kier molecular flexibility index (Phi) is 3.63. The van der Waals surface area contributed by atoms with E-state index in [9.17, 15) is 23.6 Å². The Morgan fingerprint density at radius 2 is 1.88 bits per heavy atom. The van der Waals surface area contributed by atoms with Crippen molar-refractivity contribution in [3.05, 3.63) is 51.1 Å². The number of methoxy groups -OCH3 is 1. The number of hydrogen-bond acceptors (Lipinski definition) is 6. The van der Waals surface area contributed by atoms with Crippen LogP contribution in [0.5, 0.6) is 5.75 Å². The van der Waals surface area contributed by atoms with E-state index in [2.05, 4.69) is 0 Å². The second kappa shape index (κ2) is 5.55. The average Bonchev–Trinajstić information content (AvgIpc) is 2.81. The number of nitrogen functional groups attached to an aromatic ring is 1. The summed E-state index contributed by atoms with van der Waals surface area (Å²) < 4.78 is 19.8. The summed E-state index contributed by atoms with van der Waals surface area (Å²) >= 11 is 0. The van der Waals surface area contributed by atoms with Crippen LogP contribution < -0.4 is 21.3 Å². The number of carbonyl (C=O) groups excluding carboxylic acids is 3. The van der Waals surface area contributed by atoms with Gasteiger partial charge in [0, 0.05) is 17.7 Å². The van der Waals surface area contributed by atoms with Crippen LogP contribution in [0.1, 0.15) is 38.0 Å². The summed E-state index contributed by atoms with van der Waals surface area (Å²) in [5, 5.41) is 2.02. The highest BCUT2D eigenvalue weighted by Crippen LogP contribution is 2.28. The number of halogens is 1. The number of rotatable bonds is 3. The van der Waals surface area contributed by atoms with Crippen molar-refractivity contribution in [2.24, 2.45) is 0 Å². The zero-order chi connectivity index (χ0) is 18.5. The minimum atomic E-state index is -0.824. The molecule has 2 heterocycles. The molecule has 1 aliphatic heterocycles. The Hall–Kier alpha value is -3.49. The van der Waals surface area contributed by atoms with Crippen LogP contribution in [0.25, 0.3) is 5.69 Å². The lowest BCUT2D eigenvalue weighted by atomic mass is 10.1. The summed E-state index contributed by atoms with van der Waals surface area (Å²) in [6.07, 6.45) is 0. The fourth-order valence-corrected chi connectivity index (χ4v) is 2.69. The van der Waals surface area contributed by atoms with Crippen molar-refractivity contribution >= 4 is 23.4 Å². The van der Waals surface area contributed by atoms with Gasteiger partial charge in [-0.2, -0.15) is 0 Å². The van der Waals surface area contributed by atoms with Crippen LogP contribution in [0.15, 0.2) is 23.0 Å². The molecule has 0 spiro atoms. The number of Topliss-reactive ketones (excluding diaryl/α,β-unsaturated/α-hetero) is 1. The number of carbonyl (C=O) groups is 3. The van der Waals surface area contributed by atoms with Crippen molar-refractivity contribution in [2.75, 3.05) is 12.8 Å². The number of nitrogens with zero attached hydrogens (tertiary/aromatic N) is 1. The molecule has 3 N–H and O–H groups in total. The molecule has 3 rings (SSSR count). The summed E-state index contributed by atoms with van der Waals surface area (Å²) in [5.41, 5.74) is 4.57. The number of anilines is 1. The molecule has 0 unspecified atom stereocenters. The molecule has 0 aliphatic carbocycles. The number of ketones is 1. The van der Waals surface area contributed by atoms with E-state index in [4.69, 9.17) is 10.5 Å². The van der Waals surface area contributed by atoms with Gasteiger partial charge in [-0.3, -0.25) is 29.1 Å². The zero-order valence-electron chi connectivity index (χ0n) is 13.2. The predicted octanol–water partition coefficient (Wildman–Crippen LogP) is 0.654. The smallest absolute Gasteiger partial charge is 0.262 e. The van der Waals surface area contributed by atoms with Crippen LogP contribution >= 0.6 is 0 Å². The summed E-state index contributed by atoms with van der Waals surface area (Å²) in [6, 6.07) is 2.96. The van der Waals surface area contributed by atoms with Crippen molar-refractivity contribution < 1.29 is 23.5 Å². The molecule has 1 aliphatic rings. The fraction of sp³-hybridized carbons (Fsp3) is 0.125. The van der Waals surface area contributed by atoms with Crippen LogP contribution in [0.2, 0.25) is 0 Å². The van der Waals surface area contributed by atoms with E-state index in [0.29, 0.717) is 0 Å². The zero-order valence-corrected chi connectivity index (χ0v) is 13.2. The van der Waals surface area contributed by atoms with Crippen LogP contribution in [-0.4, -0.2) is 29.3 Å². The van der Waals surface area contributed by atoms with E-state index < -0.39 is 29.0 Å². The third-order valence-corrected chi connectivity index (χ3v) is 3.84. The monoisotopic (exact) mass is 345 g/mol. The summed E-state index contributed by atoms with van der Waals surface area (Å²) in [6.45, 7) is 1.22. The molecule has 0 saturated carbocycles. The third-order valence-electron chi connectivity index (χ3n) is 3.84. The second-order valence-corrected chi connectivity index (χ2v) is 5.34. The first kappa shape index (κ1) is 16.4. The number of nitrogens with one attached hydrogen (secondary N) is 1. The van der Waals surface area contributed by atoms with Crippen molar-refractivity contribution in [1.82, 2.24) is 9.88 Å². The maximum absolute atomic E-state index is 14.1. The number of ether oxygens (including phenoxy) is 1. The first-order chi connectivity index (χ1) is 11.8. The Morgan fingerprint density at radius 3 is 2.48 bits per heavy atom. The first-order valence-electron chi connectivity index (χ1n) is 7.06. The standard InChI is InChI=1S/C16H12FN3O5/c1-6(21)7-3-11(25-2)9(17)5-10(7)20-12(22)4-8-13(14(20)18)16(24)19-15(8)23/h3-5H,18H2,1-2H3,(H,19,23,24). The molecular formula is C16H12FN3O5. The van der Waals surface area contributed by atoms with Crippen LogP contribution in [0.3, 0.4) is 0 Å². The molecule has 0 fully saturated rings. The van der Waals surface area contributed by atoms with Crippen LogP contribution in [0, 0.1) is 5.82 Å². The maximum Gasteiger partial charge on any atom is 0.262 e. The highest BCUT2D eigenvalue weighted by atomic mass is 19.1. The lowest BCUT2D eigenvalue weighted by molar-refractivity contribution is 0.0879. The van der Waals surface area contributed by atoms with Gasteiger partial charge in [0.05, 0.1) is 23.9 Å². The highest BCUT2D eigenvalue weighted by Gasteiger charge is 2.32. The van der Waals surface area contributed by atoms with E-state index in [1.54, 1.807) is 0 Å². The minimum Gasteiger partial charge on any atom is -0.494 e. The second-order valence-electron chi connectivity index (χ2n) is 5.34. The van der Waals surface area contributed by atoms with Gasteiger partial charge in [0.1, 0.15) is 5.82 Å². The number of pyridine rings is 1. The SMILES string of the molecule is COc1cc(C(C)=O)c(-n2c(N)c3c(cc2=O)C(=O)NC3=O)cc1F. The fourth-order valence-electron chi connectivity index (χ4n) is 2.69. The summed E-state index contributed by atoms with van der Waals surface area (Å²) in [4.78, 5) is 47.9. The number of hydrogen-bond donors (Lipinski definition) is 2. The van der Waals surface area contributed by atoms with Gasteiger partial charge in [0.25, 0.3) is 17.4 Å². The number of amides is 2. The predicted molar refractivity (Wildman–Crippen MR) is 84.8 cm³/mol. The Morgan fingerprint density at radius 1 is 1.20 bits per heavy atom. The number of benzene rings is 1. The maximum atomic E-state index is 14.1. The number of fused-ring (bicyclic) bond motifs is 1. The van der Waals surface area contributed by atoms with Crippen molar-refractivity contribution in [1.29, 1.82) is 0 Å². The lowest BCUT2D eigenvalue weighted by Gasteiger charge is -2.16. The first-order valence-corrected chi connectivity index (χ1v) is 7.06. The Balaban J connectivity index is 2.39. The van der Waals surface area contributed by atoms with Gasteiger partial charge < -0.3 is 10.5 Å². The molecule has 0 radical (unpaired) electrons. The molecule has 128 valence electrons. The van der Waals surface area contributed by atoms with E-state index in [1.807, 2.05) is 5.32 Å². The molecular weight excluding hydrogens is 333 g/mol. The van der Waals surface area contributed by atoms with Gasteiger partial charge >= 0.3 is 0 Å². The topological polar surface area (TPSA) is 120 Å². The van der Waals surface area contributed by atoms with Crippen LogP contribution in [0.4, 0.5) is 10.2 Å². The minimum absolute atomic E-state index is 0.0308. The van der Waals surface area contributed by atoms with Crippen molar-refractivity contribution in [3.8, 4) is 11.4 Å². The van der Waals surface area contributed by atoms with Gasteiger partial charge in [-0.15, -0.1) is 0 Å². The van der Waals surface area contributed by atoms with Gasteiger partial charge in [0.2, 0.25) is 0 Å². The van der Waals surface area contributed by atoms with Gasteiger partial charge in [0.15, 0.2) is 17.3 Å².